The number of aromatic nitrogens is 3. The summed E-state index contributed by atoms with van der Waals surface area (Å²) in [4.78, 5) is 3.86. The van der Waals surface area contributed by atoms with Gasteiger partial charge in [0.05, 0.1) is 0 Å². The van der Waals surface area contributed by atoms with Crippen molar-refractivity contribution >= 4 is 5.82 Å². The van der Waals surface area contributed by atoms with Gasteiger partial charge in [0.25, 0.3) is 0 Å². The third-order valence-corrected chi connectivity index (χ3v) is 1.55. The van der Waals surface area contributed by atoms with E-state index in [0.717, 1.165) is 5.56 Å². The number of aryl methyl sites for hydroxylation is 1. The lowest BCUT2D eigenvalue weighted by atomic mass is 10.2. The minimum atomic E-state index is 0.438. The molecular weight excluding hydrogens is 168 g/mol. The summed E-state index contributed by atoms with van der Waals surface area (Å²) in [5.41, 5.74) is 6.29. The van der Waals surface area contributed by atoms with E-state index in [9.17, 15) is 0 Å². The molecule has 0 bridgehead atoms. The lowest BCUT2D eigenvalue weighted by Crippen LogP contribution is -1.89. The highest BCUT2D eigenvalue weighted by Gasteiger charge is 2.05. The van der Waals surface area contributed by atoms with Gasteiger partial charge in [0.1, 0.15) is 5.82 Å². The predicted octanol–water partition coefficient (Wildman–Crippen LogP) is 1.02. The second kappa shape index (κ2) is 2.85. The molecule has 0 aliphatic heterocycles. The molecule has 5 heteroatoms. The van der Waals surface area contributed by atoms with Crippen molar-refractivity contribution in [1.29, 1.82) is 0 Å². The van der Waals surface area contributed by atoms with Gasteiger partial charge in [0, 0.05) is 18.7 Å². The van der Waals surface area contributed by atoms with E-state index in [1.807, 2.05) is 0 Å². The van der Waals surface area contributed by atoms with Crippen molar-refractivity contribution in [3.05, 3.63) is 24.2 Å². The lowest BCUT2D eigenvalue weighted by Gasteiger charge is -1.94. The standard InChI is InChI=1S/C8H8N4O/c1-5-11-12-8(13-5)6-2-3-10-7(9)4-6/h2-4H,1H3,(H2,9,10). The molecule has 0 radical (unpaired) electrons. The Balaban J connectivity index is 2.46. The molecule has 0 aliphatic carbocycles. The number of hydrogen-bond donors (Lipinski definition) is 1. The quantitative estimate of drug-likeness (QED) is 0.701. The Hall–Kier alpha value is -1.91. The molecule has 0 aliphatic rings. The molecule has 2 aromatic rings. The molecule has 66 valence electrons. The van der Waals surface area contributed by atoms with Crippen molar-refractivity contribution < 1.29 is 4.42 Å². The second-order valence-corrected chi connectivity index (χ2v) is 2.60. The van der Waals surface area contributed by atoms with Gasteiger partial charge in [-0.15, -0.1) is 10.2 Å². The number of nitrogens with two attached hydrogens (primary N) is 1. The molecule has 0 aromatic carbocycles. The minimum Gasteiger partial charge on any atom is -0.421 e. The van der Waals surface area contributed by atoms with Gasteiger partial charge in [-0.25, -0.2) is 4.98 Å². The number of anilines is 1. The third kappa shape index (κ3) is 1.48. The van der Waals surface area contributed by atoms with Crippen LogP contribution in [0, 0.1) is 6.92 Å². The van der Waals surface area contributed by atoms with E-state index in [-0.39, 0.29) is 0 Å². The highest BCUT2D eigenvalue weighted by Crippen LogP contribution is 2.17. The van der Waals surface area contributed by atoms with Gasteiger partial charge < -0.3 is 10.2 Å². The molecule has 0 spiro atoms. The van der Waals surface area contributed by atoms with E-state index >= 15 is 0 Å². The van der Waals surface area contributed by atoms with E-state index in [1.165, 1.54) is 0 Å². The average molecular weight is 176 g/mol. The van der Waals surface area contributed by atoms with Crippen LogP contribution in [-0.2, 0) is 0 Å². The van der Waals surface area contributed by atoms with Crippen LogP contribution < -0.4 is 5.73 Å². The van der Waals surface area contributed by atoms with Crippen LogP contribution in [0.2, 0.25) is 0 Å². The Kier molecular flexibility index (Phi) is 1.70. The van der Waals surface area contributed by atoms with Gasteiger partial charge in [-0.2, -0.15) is 0 Å². The Morgan fingerprint density at radius 3 is 2.85 bits per heavy atom. The van der Waals surface area contributed by atoms with Crippen LogP contribution in [0.25, 0.3) is 11.5 Å². The summed E-state index contributed by atoms with van der Waals surface area (Å²) < 4.78 is 5.22. The van der Waals surface area contributed by atoms with Crippen LogP contribution in [0.3, 0.4) is 0 Å². The lowest BCUT2D eigenvalue weighted by molar-refractivity contribution is 0.532. The van der Waals surface area contributed by atoms with Crippen molar-refractivity contribution in [2.24, 2.45) is 0 Å². The Morgan fingerprint density at radius 1 is 1.38 bits per heavy atom. The molecule has 2 rings (SSSR count). The monoisotopic (exact) mass is 176 g/mol. The van der Waals surface area contributed by atoms with Gasteiger partial charge >= 0.3 is 0 Å². The molecule has 2 N–H and O–H groups in total. The first-order chi connectivity index (χ1) is 6.25. The van der Waals surface area contributed by atoms with Gasteiger partial charge in [-0.1, -0.05) is 0 Å². The summed E-state index contributed by atoms with van der Waals surface area (Å²) in [6.07, 6.45) is 1.60. The number of nitrogen functional groups attached to an aromatic ring is 1. The Labute approximate surface area is 74.6 Å². The molecule has 0 amide bonds. The maximum Gasteiger partial charge on any atom is 0.247 e. The molecule has 0 atom stereocenters. The fraction of sp³-hybridized carbons (Fsp3) is 0.125. The van der Waals surface area contributed by atoms with Crippen LogP contribution in [0.4, 0.5) is 5.82 Å². The molecule has 2 heterocycles. The van der Waals surface area contributed by atoms with Crippen LogP contribution >= 0.6 is 0 Å². The second-order valence-electron chi connectivity index (χ2n) is 2.60. The van der Waals surface area contributed by atoms with Gasteiger partial charge in [0.15, 0.2) is 0 Å². The topological polar surface area (TPSA) is 77.8 Å². The maximum absolute atomic E-state index is 5.50. The maximum atomic E-state index is 5.50. The largest absolute Gasteiger partial charge is 0.421 e. The zero-order chi connectivity index (χ0) is 9.26. The van der Waals surface area contributed by atoms with Crippen molar-refractivity contribution in [3.63, 3.8) is 0 Å². The molecule has 5 nitrogen and oxygen atoms in total. The van der Waals surface area contributed by atoms with Crippen molar-refractivity contribution in [2.75, 3.05) is 5.73 Å². The summed E-state index contributed by atoms with van der Waals surface area (Å²) in [5, 5.41) is 7.57. The molecule has 0 fully saturated rings. The average Bonchev–Trinajstić information content (AvgIpc) is 2.52. The highest BCUT2D eigenvalue weighted by molar-refractivity contribution is 5.56. The number of hydrogen-bond acceptors (Lipinski definition) is 5. The van der Waals surface area contributed by atoms with Crippen LogP contribution in [-0.4, -0.2) is 15.2 Å². The first-order valence-electron chi connectivity index (χ1n) is 3.78. The van der Waals surface area contributed by atoms with Gasteiger partial charge in [-0.3, -0.25) is 0 Å². The normalized spacial score (nSPS) is 10.2. The molecule has 0 saturated carbocycles. The summed E-state index contributed by atoms with van der Waals surface area (Å²) in [5.74, 6) is 1.44. The predicted molar refractivity (Wildman–Crippen MR) is 46.7 cm³/mol. The van der Waals surface area contributed by atoms with Crippen LogP contribution in [0.1, 0.15) is 5.89 Å². The van der Waals surface area contributed by atoms with Crippen molar-refractivity contribution in [3.8, 4) is 11.5 Å². The van der Waals surface area contributed by atoms with E-state index in [1.54, 1.807) is 25.3 Å². The molecule has 2 aromatic heterocycles. The molecular formula is C8H8N4O. The number of nitrogens with zero attached hydrogens (tertiary/aromatic N) is 3. The number of rotatable bonds is 1. The van der Waals surface area contributed by atoms with Gasteiger partial charge in [-0.05, 0) is 12.1 Å². The summed E-state index contributed by atoms with van der Waals surface area (Å²) >= 11 is 0. The SMILES string of the molecule is Cc1nnc(-c2ccnc(N)c2)o1. The van der Waals surface area contributed by atoms with E-state index in [2.05, 4.69) is 15.2 Å². The highest BCUT2D eigenvalue weighted by atomic mass is 16.4. The summed E-state index contributed by atoms with van der Waals surface area (Å²) in [7, 11) is 0. The van der Waals surface area contributed by atoms with Crippen molar-refractivity contribution in [1.82, 2.24) is 15.2 Å². The zero-order valence-corrected chi connectivity index (χ0v) is 7.06. The molecule has 0 unspecified atom stereocenters. The van der Waals surface area contributed by atoms with Crippen molar-refractivity contribution in [2.45, 2.75) is 6.92 Å². The van der Waals surface area contributed by atoms with Gasteiger partial charge in [0.2, 0.25) is 11.8 Å². The third-order valence-electron chi connectivity index (χ3n) is 1.55. The summed E-state index contributed by atoms with van der Waals surface area (Å²) in [6.45, 7) is 1.74. The first-order valence-corrected chi connectivity index (χ1v) is 3.78. The Morgan fingerprint density at radius 2 is 2.23 bits per heavy atom. The minimum absolute atomic E-state index is 0.438. The van der Waals surface area contributed by atoms with Crippen LogP contribution in [0.5, 0.6) is 0 Å². The zero-order valence-electron chi connectivity index (χ0n) is 7.06. The first kappa shape index (κ1) is 7.72. The van der Waals surface area contributed by atoms with Crippen LogP contribution in [0.15, 0.2) is 22.7 Å². The van der Waals surface area contributed by atoms with E-state index in [4.69, 9.17) is 10.2 Å². The Bertz CT molecular complexity index is 424. The fourth-order valence-electron chi connectivity index (χ4n) is 0.995. The van der Waals surface area contributed by atoms with E-state index < -0.39 is 0 Å². The van der Waals surface area contributed by atoms with E-state index in [0.29, 0.717) is 17.6 Å². The summed E-state index contributed by atoms with van der Waals surface area (Å²) in [6, 6.07) is 3.45. The fourth-order valence-corrected chi connectivity index (χ4v) is 0.995. The molecule has 0 saturated heterocycles. The smallest absolute Gasteiger partial charge is 0.247 e. The number of pyridine rings is 1. The molecule has 13 heavy (non-hydrogen) atoms.